The van der Waals surface area contributed by atoms with E-state index in [4.69, 9.17) is 9.47 Å². The first-order valence-corrected chi connectivity index (χ1v) is 7.33. The fourth-order valence-electron chi connectivity index (χ4n) is 1.75. The van der Waals surface area contributed by atoms with Crippen molar-refractivity contribution in [2.24, 2.45) is 0 Å². The van der Waals surface area contributed by atoms with Gasteiger partial charge in [-0.05, 0) is 6.42 Å². The summed E-state index contributed by atoms with van der Waals surface area (Å²) in [6.07, 6.45) is 1.67. The summed E-state index contributed by atoms with van der Waals surface area (Å²) in [5.74, 6) is 0.780. The molecular formula is C10H15N3O4S. The third kappa shape index (κ3) is 3.08. The van der Waals surface area contributed by atoms with Gasteiger partial charge in [-0.15, -0.1) is 10.2 Å². The molecule has 1 aromatic rings. The number of aromatic nitrogens is 2. The van der Waals surface area contributed by atoms with Gasteiger partial charge in [-0.25, -0.2) is 8.42 Å². The number of sulfonamides is 1. The summed E-state index contributed by atoms with van der Waals surface area (Å²) in [4.78, 5) is 0. The normalized spacial score (nSPS) is 20.9. The van der Waals surface area contributed by atoms with Crippen LogP contribution in [0.25, 0.3) is 0 Å². The number of methoxy groups -OCH3 is 1. The molecule has 1 unspecified atom stereocenters. The molecule has 0 radical (unpaired) electrons. The molecule has 2 heterocycles. The Kier molecular flexibility index (Phi) is 3.67. The second-order valence-electron chi connectivity index (χ2n) is 4.06. The molecule has 0 spiro atoms. The van der Waals surface area contributed by atoms with Crippen molar-refractivity contribution in [2.45, 2.75) is 12.5 Å². The third-order valence-corrected chi connectivity index (χ3v) is 3.96. The van der Waals surface area contributed by atoms with Crippen molar-refractivity contribution in [3.05, 3.63) is 12.1 Å². The lowest BCUT2D eigenvalue weighted by atomic mass is 10.3. The van der Waals surface area contributed by atoms with Crippen molar-refractivity contribution in [2.75, 3.05) is 26.5 Å². The molecule has 0 aliphatic carbocycles. The molecular weight excluding hydrogens is 258 g/mol. The van der Waals surface area contributed by atoms with E-state index >= 15 is 0 Å². The van der Waals surface area contributed by atoms with Gasteiger partial charge >= 0.3 is 0 Å². The molecule has 0 amide bonds. The Morgan fingerprint density at radius 1 is 1.33 bits per heavy atom. The van der Waals surface area contributed by atoms with Gasteiger partial charge in [0.25, 0.3) is 0 Å². The van der Waals surface area contributed by atoms with Gasteiger partial charge in [-0.1, -0.05) is 0 Å². The van der Waals surface area contributed by atoms with Crippen molar-refractivity contribution in [3.8, 4) is 11.8 Å². The maximum Gasteiger partial charge on any atom is 0.233 e. The van der Waals surface area contributed by atoms with Crippen LogP contribution >= 0.6 is 0 Å². The molecule has 1 aromatic heterocycles. The maximum absolute atomic E-state index is 11.3. The second-order valence-corrected chi connectivity index (χ2v) is 6.05. The summed E-state index contributed by atoms with van der Waals surface area (Å²) in [6, 6.07) is 3.29. The first kappa shape index (κ1) is 13.0. The van der Waals surface area contributed by atoms with Gasteiger partial charge in [0.2, 0.25) is 21.8 Å². The van der Waals surface area contributed by atoms with E-state index in [9.17, 15) is 8.42 Å². The van der Waals surface area contributed by atoms with Crippen LogP contribution in [-0.4, -0.2) is 55.5 Å². The molecule has 7 nitrogen and oxygen atoms in total. The summed E-state index contributed by atoms with van der Waals surface area (Å²) >= 11 is 0. The van der Waals surface area contributed by atoms with Gasteiger partial charge in [0, 0.05) is 18.7 Å². The number of rotatable bonds is 4. The van der Waals surface area contributed by atoms with Crippen LogP contribution in [0.3, 0.4) is 0 Å². The maximum atomic E-state index is 11.3. The average molecular weight is 273 g/mol. The molecule has 0 N–H and O–H groups in total. The molecule has 0 bridgehead atoms. The Morgan fingerprint density at radius 2 is 2.00 bits per heavy atom. The monoisotopic (exact) mass is 273 g/mol. The highest BCUT2D eigenvalue weighted by Gasteiger charge is 2.30. The van der Waals surface area contributed by atoms with Gasteiger partial charge in [-0.2, -0.15) is 4.31 Å². The standard InChI is InChI=1S/C10H15N3O4S/c1-16-9-3-4-10(12-11-9)17-8-5-6-13(7-8)18(2,14)15/h3-4,8H,5-7H2,1-2H3. The minimum absolute atomic E-state index is 0.178. The van der Waals surface area contributed by atoms with Gasteiger partial charge in [0.15, 0.2) is 0 Å². The molecule has 2 rings (SSSR count). The highest BCUT2D eigenvalue weighted by molar-refractivity contribution is 7.88. The Balaban J connectivity index is 1.95. The molecule has 1 atom stereocenters. The zero-order valence-corrected chi connectivity index (χ0v) is 11.1. The molecule has 1 saturated heterocycles. The molecule has 1 aliphatic heterocycles. The van der Waals surface area contributed by atoms with Gasteiger partial charge in [0.1, 0.15) is 6.10 Å². The SMILES string of the molecule is COc1ccc(OC2CCN(S(C)(=O)=O)C2)nn1. The van der Waals surface area contributed by atoms with Crippen LogP contribution < -0.4 is 9.47 Å². The summed E-state index contributed by atoms with van der Waals surface area (Å²) < 4.78 is 34.5. The van der Waals surface area contributed by atoms with Gasteiger partial charge in [-0.3, -0.25) is 0 Å². The topological polar surface area (TPSA) is 81.6 Å². The van der Waals surface area contributed by atoms with Crippen LogP contribution in [0, 0.1) is 0 Å². The third-order valence-electron chi connectivity index (χ3n) is 2.69. The molecule has 18 heavy (non-hydrogen) atoms. The van der Waals surface area contributed by atoms with Crippen LogP contribution in [0.5, 0.6) is 11.8 Å². The number of hydrogen-bond donors (Lipinski definition) is 0. The fourth-order valence-corrected chi connectivity index (χ4v) is 2.62. The number of nitrogens with zero attached hydrogens (tertiary/aromatic N) is 3. The van der Waals surface area contributed by atoms with Gasteiger partial charge < -0.3 is 9.47 Å². The van der Waals surface area contributed by atoms with E-state index in [0.717, 1.165) is 0 Å². The van der Waals surface area contributed by atoms with E-state index in [1.165, 1.54) is 17.7 Å². The Hall–Kier alpha value is -1.41. The van der Waals surface area contributed by atoms with Crippen LogP contribution in [0.15, 0.2) is 12.1 Å². The van der Waals surface area contributed by atoms with Crippen molar-refractivity contribution < 1.29 is 17.9 Å². The minimum Gasteiger partial charge on any atom is -0.480 e. The van der Waals surface area contributed by atoms with E-state index in [1.54, 1.807) is 12.1 Å². The van der Waals surface area contributed by atoms with Crippen molar-refractivity contribution in [1.82, 2.24) is 14.5 Å². The van der Waals surface area contributed by atoms with Crippen LogP contribution in [0.2, 0.25) is 0 Å². The zero-order valence-electron chi connectivity index (χ0n) is 10.2. The summed E-state index contributed by atoms with van der Waals surface area (Å²) in [5.41, 5.74) is 0. The molecule has 8 heteroatoms. The Morgan fingerprint density at radius 3 is 2.50 bits per heavy atom. The average Bonchev–Trinajstić information content (AvgIpc) is 2.78. The van der Waals surface area contributed by atoms with Crippen LogP contribution in [0.4, 0.5) is 0 Å². The van der Waals surface area contributed by atoms with Crippen molar-refractivity contribution in [3.63, 3.8) is 0 Å². The highest BCUT2D eigenvalue weighted by Crippen LogP contribution is 2.18. The number of ether oxygens (including phenoxy) is 2. The predicted octanol–water partition coefficient (Wildman–Crippen LogP) is -0.102. The molecule has 1 fully saturated rings. The number of hydrogen-bond acceptors (Lipinski definition) is 6. The first-order valence-electron chi connectivity index (χ1n) is 5.48. The van der Waals surface area contributed by atoms with Crippen LogP contribution in [-0.2, 0) is 10.0 Å². The van der Waals surface area contributed by atoms with Crippen molar-refractivity contribution >= 4 is 10.0 Å². The predicted molar refractivity (Wildman–Crippen MR) is 64.0 cm³/mol. The van der Waals surface area contributed by atoms with E-state index in [-0.39, 0.29) is 6.10 Å². The highest BCUT2D eigenvalue weighted by atomic mass is 32.2. The largest absolute Gasteiger partial charge is 0.480 e. The van der Waals surface area contributed by atoms with Crippen LogP contribution in [0.1, 0.15) is 6.42 Å². The Labute approximate surface area is 106 Å². The Bertz CT molecular complexity index is 502. The first-order chi connectivity index (χ1) is 8.49. The zero-order chi connectivity index (χ0) is 13.2. The lowest BCUT2D eigenvalue weighted by Crippen LogP contribution is -2.30. The van der Waals surface area contributed by atoms with Crippen molar-refractivity contribution in [1.29, 1.82) is 0 Å². The van der Waals surface area contributed by atoms with E-state index < -0.39 is 10.0 Å². The molecule has 0 saturated carbocycles. The lowest BCUT2D eigenvalue weighted by molar-refractivity contribution is 0.203. The summed E-state index contributed by atoms with van der Waals surface area (Å²) in [7, 11) is -1.64. The summed E-state index contributed by atoms with van der Waals surface area (Å²) in [6.45, 7) is 0.833. The fraction of sp³-hybridized carbons (Fsp3) is 0.600. The quantitative estimate of drug-likeness (QED) is 0.762. The smallest absolute Gasteiger partial charge is 0.233 e. The lowest BCUT2D eigenvalue weighted by Gasteiger charge is -2.14. The molecule has 0 aromatic carbocycles. The summed E-state index contributed by atoms with van der Waals surface area (Å²) in [5, 5.41) is 7.61. The second kappa shape index (κ2) is 5.07. The molecule has 100 valence electrons. The molecule has 1 aliphatic rings. The van der Waals surface area contributed by atoms with E-state index in [1.807, 2.05) is 0 Å². The van der Waals surface area contributed by atoms with Gasteiger partial charge in [0.05, 0.1) is 19.9 Å². The van der Waals surface area contributed by atoms with E-state index in [0.29, 0.717) is 31.3 Å². The minimum atomic E-state index is -3.14. The van der Waals surface area contributed by atoms with E-state index in [2.05, 4.69) is 10.2 Å².